The van der Waals surface area contributed by atoms with Gasteiger partial charge in [-0.05, 0) is 49.2 Å². The number of ether oxygens (including phenoxy) is 1. The molecule has 1 aromatic heterocycles. The van der Waals surface area contributed by atoms with Gasteiger partial charge in [-0.2, -0.15) is 0 Å². The molecule has 26 heavy (non-hydrogen) atoms. The zero-order valence-corrected chi connectivity index (χ0v) is 14.9. The molecule has 3 aromatic rings. The number of benzene rings is 2. The van der Waals surface area contributed by atoms with Crippen LogP contribution >= 0.6 is 0 Å². The predicted octanol–water partition coefficient (Wildman–Crippen LogP) is 3.09. The van der Waals surface area contributed by atoms with E-state index in [0.717, 1.165) is 11.1 Å². The molecule has 2 aromatic carbocycles. The SMILES string of the molecule is Cc1ccc(OCC(=O)NCCc2nnc(-c3ccccc3)o2)cc1C. The number of aryl methyl sites for hydroxylation is 2. The Labute approximate surface area is 152 Å². The molecule has 0 unspecified atom stereocenters. The standard InChI is InChI=1S/C20H21N3O3/c1-14-8-9-17(12-15(14)2)25-13-18(24)21-11-10-19-22-23-20(26-19)16-6-4-3-5-7-16/h3-9,12H,10-11,13H2,1-2H3,(H,21,24). The molecule has 0 spiro atoms. The van der Waals surface area contributed by atoms with Gasteiger partial charge >= 0.3 is 0 Å². The minimum Gasteiger partial charge on any atom is -0.484 e. The molecule has 0 fully saturated rings. The second-order valence-corrected chi connectivity index (χ2v) is 6.00. The van der Waals surface area contributed by atoms with Crippen LogP contribution in [0, 0.1) is 13.8 Å². The van der Waals surface area contributed by atoms with Crippen LogP contribution in [0.3, 0.4) is 0 Å². The maximum atomic E-state index is 11.9. The number of hydrogen-bond donors (Lipinski definition) is 1. The van der Waals surface area contributed by atoms with E-state index in [1.165, 1.54) is 5.56 Å². The maximum absolute atomic E-state index is 11.9. The zero-order valence-electron chi connectivity index (χ0n) is 14.9. The molecular formula is C20H21N3O3. The summed E-state index contributed by atoms with van der Waals surface area (Å²) in [6.07, 6.45) is 0.467. The second kappa shape index (κ2) is 8.29. The molecule has 6 nitrogen and oxygen atoms in total. The Hall–Kier alpha value is -3.15. The van der Waals surface area contributed by atoms with Gasteiger partial charge in [0.2, 0.25) is 11.8 Å². The number of amides is 1. The lowest BCUT2D eigenvalue weighted by Gasteiger charge is -2.08. The summed E-state index contributed by atoms with van der Waals surface area (Å²) in [5.74, 6) is 1.46. The molecular weight excluding hydrogens is 330 g/mol. The number of rotatable bonds is 7. The molecule has 6 heteroatoms. The highest BCUT2D eigenvalue weighted by Crippen LogP contribution is 2.17. The highest BCUT2D eigenvalue weighted by Gasteiger charge is 2.09. The van der Waals surface area contributed by atoms with Crippen LogP contribution in [0.5, 0.6) is 5.75 Å². The average Bonchev–Trinajstić information content (AvgIpc) is 3.12. The van der Waals surface area contributed by atoms with Crippen LogP contribution < -0.4 is 10.1 Å². The van der Waals surface area contributed by atoms with Gasteiger partial charge in [0, 0.05) is 18.5 Å². The summed E-state index contributed by atoms with van der Waals surface area (Å²) < 4.78 is 11.1. The van der Waals surface area contributed by atoms with Gasteiger partial charge < -0.3 is 14.5 Å². The van der Waals surface area contributed by atoms with Crippen LogP contribution in [0.2, 0.25) is 0 Å². The third-order valence-corrected chi connectivity index (χ3v) is 4.00. The summed E-state index contributed by atoms with van der Waals surface area (Å²) in [4.78, 5) is 11.9. The molecule has 0 aliphatic heterocycles. The van der Waals surface area contributed by atoms with Gasteiger partial charge in [-0.1, -0.05) is 24.3 Å². The predicted molar refractivity (Wildman–Crippen MR) is 97.9 cm³/mol. The normalized spacial score (nSPS) is 10.5. The van der Waals surface area contributed by atoms with Gasteiger partial charge in [0.1, 0.15) is 5.75 Å². The van der Waals surface area contributed by atoms with Crippen molar-refractivity contribution in [3.63, 3.8) is 0 Å². The van der Waals surface area contributed by atoms with Crippen LogP contribution in [-0.2, 0) is 11.2 Å². The Bertz CT molecular complexity index is 875. The Balaban J connectivity index is 1.42. The molecule has 1 amide bonds. The summed E-state index contributed by atoms with van der Waals surface area (Å²) >= 11 is 0. The number of carbonyl (C=O) groups is 1. The smallest absolute Gasteiger partial charge is 0.257 e. The fraction of sp³-hybridized carbons (Fsp3) is 0.250. The highest BCUT2D eigenvalue weighted by atomic mass is 16.5. The van der Waals surface area contributed by atoms with Crippen molar-refractivity contribution in [1.29, 1.82) is 0 Å². The van der Waals surface area contributed by atoms with Gasteiger partial charge in [-0.3, -0.25) is 4.79 Å². The van der Waals surface area contributed by atoms with Crippen molar-refractivity contribution in [3.05, 3.63) is 65.5 Å². The third kappa shape index (κ3) is 4.69. The molecule has 0 aliphatic carbocycles. The first kappa shape index (κ1) is 17.7. The minimum absolute atomic E-state index is 0.0262. The summed E-state index contributed by atoms with van der Waals surface area (Å²) in [5, 5.41) is 10.8. The zero-order chi connectivity index (χ0) is 18.4. The largest absolute Gasteiger partial charge is 0.484 e. The topological polar surface area (TPSA) is 77.2 Å². The Morgan fingerprint density at radius 2 is 1.88 bits per heavy atom. The number of carbonyl (C=O) groups excluding carboxylic acids is 1. The van der Waals surface area contributed by atoms with E-state index in [2.05, 4.69) is 15.5 Å². The van der Waals surface area contributed by atoms with Gasteiger partial charge in [0.25, 0.3) is 5.91 Å². The molecule has 0 aliphatic rings. The van der Waals surface area contributed by atoms with Crippen molar-refractivity contribution < 1.29 is 13.9 Å². The molecule has 134 valence electrons. The van der Waals surface area contributed by atoms with E-state index in [1.807, 2.05) is 62.4 Å². The highest BCUT2D eigenvalue weighted by molar-refractivity contribution is 5.77. The Kier molecular flexibility index (Phi) is 5.63. The second-order valence-electron chi connectivity index (χ2n) is 6.00. The third-order valence-electron chi connectivity index (χ3n) is 4.00. The molecule has 0 saturated heterocycles. The lowest BCUT2D eigenvalue weighted by molar-refractivity contribution is -0.123. The van der Waals surface area contributed by atoms with E-state index in [4.69, 9.17) is 9.15 Å². The monoisotopic (exact) mass is 351 g/mol. The first-order valence-corrected chi connectivity index (χ1v) is 8.46. The van der Waals surface area contributed by atoms with E-state index in [1.54, 1.807) is 0 Å². The number of hydrogen-bond acceptors (Lipinski definition) is 5. The Morgan fingerprint density at radius 1 is 1.08 bits per heavy atom. The van der Waals surface area contributed by atoms with Crippen molar-refractivity contribution in [1.82, 2.24) is 15.5 Å². The van der Waals surface area contributed by atoms with Crippen molar-refractivity contribution in [2.75, 3.05) is 13.2 Å². The quantitative estimate of drug-likeness (QED) is 0.708. The van der Waals surface area contributed by atoms with Gasteiger partial charge in [0.05, 0.1) is 0 Å². The van der Waals surface area contributed by atoms with E-state index in [9.17, 15) is 4.79 Å². The van der Waals surface area contributed by atoms with Gasteiger partial charge in [0.15, 0.2) is 6.61 Å². The van der Waals surface area contributed by atoms with E-state index >= 15 is 0 Å². The molecule has 1 heterocycles. The lowest BCUT2D eigenvalue weighted by atomic mass is 10.1. The first-order valence-electron chi connectivity index (χ1n) is 8.46. The summed E-state index contributed by atoms with van der Waals surface area (Å²) in [7, 11) is 0. The maximum Gasteiger partial charge on any atom is 0.257 e. The number of nitrogens with one attached hydrogen (secondary N) is 1. The molecule has 3 rings (SSSR count). The van der Waals surface area contributed by atoms with Crippen LogP contribution in [0.4, 0.5) is 0 Å². The van der Waals surface area contributed by atoms with E-state index in [-0.39, 0.29) is 12.5 Å². The fourth-order valence-corrected chi connectivity index (χ4v) is 2.36. The molecule has 0 saturated carbocycles. The van der Waals surface area contributed by atoms with E-state index < -0.39 is 0 Å². The van der Waals surface area contributed by atoms with Crippen molar-refractivity contribution in [2.45, 2.75) is 20.3 Å². The number of nitrogens with zero attached hydrogens (tertiary/aromatic N) is 2. The first-order chi connectivity index (χ1) is 12.6. The van der Waals surface area contributed by atoms with E-state index in [0.29, 0.717) is 30.5 Å². The molecule has 0 atom stereocenters. The average molecular weight is 351 g/mol. The van der Waals surface area contributed by atoms with Gasteiger partial charge in [-0.15, -0.1) is 10.2 Å². The van der Waals surface area contributed by atoms with Crippen LogP contribution in [-0.4, -0.2) is 29.3 Å². The summed E-state index contributed by atoms with van der Waals surface area (Å²) in [5.41, 5.74) is 3.20. The van der Waals surface area contributed by atoms with Crippen molar-refractivity contribution in [3.8, 4) is 17.2 Å². The van der Waals surface area contributed by atoms with Crippen LogP contribution in [0.1, 0.15) is 17.0 Å². The molecule has 0 bridgehead atoms. The lowest BCUT2D eigenvalue weighted by Crippen LogP contribution is -2.30. The fourth-order valence-electron chi connectivity index (χ4n) is 2.36. The molecule has 1 N–H and O–H groups in total. The molecule has 0 radical (unpaired) electrons. The van der Waals surface area contributed by atoms with Crippen molar-refractivity contribution in [2.24, 2.45) is 0 Å². The summed E-state index contributed by atoms with van der Waals surface area (Å²) in [6, 6.07) is 15.3. The van der Waals surface area contributed by atoms with Gasteiger partial charge in [-0.25, -0.2) is 0 Å². The van der Waals surface area contributed by atoms with Crippen molar-refractivity contribution >= 4 is 5.91 Å². The minimum atomic E-state index is -0.189. The number of aromatic nitrogens is 2. The summed E-state index contributed by atoms with van der Waals surface area (Å²) in [6.45, 7) is 4.43. The van der Waals surface area contributed by atoms with Crippen LogP contribution in [0.15, 0.2) is 52.9 Å². The Morgan fingerprint density at radius 3 is 2.65 bits per heavy atom. The van der Waals surface area contributed by atoms with Crippen LogP contribution in [0.25, 0.3) is 11.5 Å².